The molecule has 0 spiro atoms. The number of sulfonamides is 1. The van der Waals surface area contributed by atoms with E-state index < -0.39 is 10.0 Å². The summed E-state index contributed by atoms with van der Waals surface area (Å²) in [6, 6.07) is 0. The van der Waals surface area contributed by atoms with Gasteiger partial charge in [-0.15, -0.1) is 0 Å². The van der Waals surface area contributed by atoms with Crippen LogP contribution in [-0.4, -0.2) is 40.5 Å². The summed E-state index contributed by atoms with van der Waals surface area (Å²) in [5.41, 5.74) is 5.80. The smallest absolute Gasteiger partial charge is 0.213 e. The lowest BCUT2D eigenvalue weighted by Crippen LogP contribution is -2.44. The van der Waals surface area contributed by atoms with Gasteiger partial charge in [0.25, 0.3) is 0 Å². The van der Waals surface area contributed by atoms with E-state index in [1.54, 1.807) is 0 Å². The van der Waals surface area contributed by atoms with E-state index in [9.17, 15) is 8.42 Å². The third kappa shape index (κ3) is 5.22. The van der Waals surface area contributed by atoms with Gasteiger partial charge in [0.05, 0.1) is 12.4 Å². The Labute approximate surface area is 111 Å². The van der Waals surface area contributed by atoms with Crippen molar-refractivity contribution >= 4 is 10.0 Å². The highest BCUT2D eigenvalue weighted by Gasteiger charge is 2.31. The van der Waals surface area contributed by atoms with E-state index in [2.05, 4.69) is 4.72 Å². The molecular weight excluding hydrogens is 252 g/mol. The molecule has 0 heterocycles. The minimum atomic E-state index is -3.23. The summed E-state index contributed by atoms with van der Waals surface area (Å²) in [6.45, 7) is 3.67. The van der Waals surface area contributed by atoms with Crippen LogP contribution >= 0.6 is 0 Å². The molecule has 0 aromatic heterocycles. The van der Waals surface area contributed by atoms with Gasteiger partial charge in [-0.2, -0.15) is 0 Å². The second kappa shape index (κ2) is 7.43. The summed E-state index contributed by atoms with van der Waals surface area (Å²) in [6.07, 6.45) is 5.59. The maximum atomic E-state index is 11.8. The van der Waals surface area contributed by atoms with Gasteiger partial charge in [-0.3, -0.25) is 0 Å². The van der Waals surface area contributed by atoms with Crippen molar-refractivity contribution < 1.29 is 13.2 Å². The van der Waals surface area contributed by atoms with Crippen LogP contribution in [0.5, 0.6) is 0 Å². The van der Waals surface area contributed by atoms with Crippen LogP contribution in [0.15, 0.2) is 0 Å². The van der Waals surface area contributed by atoms with Crippen LogP contribution in [0.25, 0.3) is 0 Å². The van der Waals surface area contributed by atoms with Gasteiger partial charge in [0.15, 0.2) is 0 Å². The zero-order chi connectivity index (χ0) is 13.5. The summed E-state index contributed by atoms with van der Waals surface area (Å²) < 4.78 is 31.3. The molecule has 0 unspecified atom stereocenters. The summed E-state index contributed by atoms with van der Waals surface area (Å²) in [5.74, 6) is 0.0293. The van der Waals surface area contributed by atoms with E-state index in [0.717, 1.165) is 25.7 Å². The third-order valence-electron chi connectivity index (χ3n) is 3.71. The Balaban J connectivity index is 2.41. The van der Waals surface area contributed by atoms with Crippen molar-refractivity contribution in [3.63, 3.8) is 0 Å². The van der Waals surface area contributed by atoms with Crippen LogP contribution in [0.4, 0.5) is 0 Å². The molecule has 1 fully saturated rings. The second-order valence-corrected chi connectivity index (χ2v) is 7.03. The molecule has 1 saturated carbocycles. The Morgan fingerprint density at radius 2 is 1.94 bits per heavy atom. The zero-order valence-electron chi connectivity index (χ0n) is 11.3. The van der Waals surface area contributed by atoms with Crippen LogP contribution in [0, 0.1) is 5.41 Å². The molecule has 0 aromatic rings. The average molecular weight is 278 g/mol. The Kier molecular flexibility index (Phi) is 6.55. The summed E-state index contributed by atoms with van der Waals surface area (Å²) >= 11 is 0. The topological polar surface area (TPSA) is 81.4 Å². The van der Waals surface area contributed by atoms with Crippen molar-refractivity contribution in [3.05, 3.63) is 0 Å². The molecule has 0 saturated heterocycles. The van der Waals surface area contributed by atoms with E-state index in [1.807, 2.05) is 6.92 Å². The van der Waals surface area contributed by atoms with Crippen molar-refractivity contribution in [3.8, 4) is 0 Å². The molecule has 1 aliphatic rings. The standard InChI is InChI=1S/C12H26N2O3S/c1-2-17-8-9-18(15,16)14-11-12(10-13)6-4-3-5-7-12/h14H,2-11,13H2,1H3. The highest BCUT2D eigenvalue weighted by molar-refractivity contribution is 7.89. The predicted molar refractivity (Wildman–Crippen MR) is 72.9 cm³/mol. The second-order valence-electron chi connectivity index (χ2n) is 5.10. The minimum absolute atomic E-state index is 0.0293. The first-order valence-electron chi connectivity index (χ1n) is 6.79. The molecule has 18 heavy (non-hydrogen) atoms. The van der Waals surface area contributed by atoms with Crippen LogP contribution in [0.2, 0.25) is 0 Å². The third-order valence-corrected chi connectivity index (χ3v) is 5.00. The van der Waals surface area contributed by atoms with Gasteiger partial charge in [0, 0.05) is 13.2 Å². The number of rotatable bonds is 8. The lowest BCUT2D eigenvalue weighted by atomic mass is 9.74. The highest BCUT2D eigenvalue weighted by Crippen LogP contribution is 2.34. The van der Waals surface area contributed by atoms with E-state index in [4.69, 9.17) is 10.5 Å². The lowest BCUT2D eigenvalue weighted by Gasteiger charge is -2.36. The van der Waals surface area contributed by atoms with E-state index in [0.29, 0.717) is 19.7 Å². The predicted octanol–water partition coefficient (Wildman–Crippen LogP) is 0.852. The van der Waals surface area contributed by atoms with E-state index in [-0.39, 0.29) is 17.8 Å². The molecule has 0 bridgehead atoms. The first kappa shape index (κ1) is 15.9. The Morgan fingerprint density at radius 3 is 2.50 bits per heavy atom. The number of ether oxygens (including phenoxy) is 1. The number of nitrogens with two attached hydrogens (primary N) is 1. The summed E-state index contributed by atoms with van der Waals surface area (Å²) in [5, 5.41) is 0. The molecular formula is C12H26N2O3S. The molecule has 5 nitrogen and oxygen atoms in total. The molecule has 0 aromatic carbocycles. The van der Waals surface area contributed by atoms with Gasteiger partial charge in [0.2, 0.25) is 10.0 Å². The first-order valence-corrected chi connectivity index (χ1v) is 8.44. The summed E-state index contributed by atoms with van der Waals surface area (Å²) in [4.78, 5) is 0. The molecule has 1 aliphatic carbocycles. The zero-order valence-corrected chi connectivity index (χ0v) is 12.1. The van der Waals surface area contributed by atoms with Gasteiger partial charge in [-0.1, -0.05) is 19.3 Å². The molecule has 0 amide bonds. The lowest BCUT2D eigenvalue weighted by molar-refractivity contribution is 0.163. The SMILES string of the molecule is CCOCCS(=O)(=O)NCC1(CN)CCCCC1. The number of hydrogen-bond donors (Lipinski definition) is 2. The van der Waals surface area contributed by atoms with Crippen molar-refractivity contribution in [1.82, 2.24) is 4.72 Å². The minimum Gasteiger partial charge on any atom is -0.381 e. The quantitative estimate of drug-likeness (QED) is 0.645. The molecule has 6 heteroatoms. The fourth-order valence-electron chi connectivity index (χ4n) is 2.40. The average Bonchev–Trinajstić information content (AvgIpc) is 2.38. The highest BCUT2D eigenvalue weighted by atomic mass is 32.2. The largest absolute Gasteiger partial charge is 0.381 e. The number of hydrogen-bond acceptors (Lipinski definition) is 4. The fourth-order valence-corrected chi connectivity index (χ4v) is 3.41. The molecule has 0 atom stereocenters. The van der Waals surface area contributed by atoms with Crippen LogP contribution in [0.3, 0.4) is 0 Å². The molecule has 0 aliphatic heterocycles. The van der Waals surface area contributed by atoms with Crippen LogP contribution in [0.1, 0.15) is 39.0 Å². The summed E-state index contributed by atoms with van der Waals surface area (Å²) in [7, 11) is -3.23. The Bertz CT molecular complexity index is 324. The van der Waals surface area contributed by atoms with Gasteiger partial charge >= 0.3 is 0 Å². The van der Waals surface area contributed by atoms with Crippen LogP contribution in [-0.2, 0) is 14.8 Å². The van der Waals surface area contributed by atoms with Crippen molar-refractivity contribution in [2.24, 2.45) is 11.1 Å². The van der Waals surface area contributed by atoms with E-state index in [1.165, 1.54) is 6.42 Å². The normalized spacial score (nSPS) is 19.9. The van der Waals surface area contributed by atoms with Gasteiger partial charge in [0.1, 0.15) is 0 Å². The Hall–Kier alpha value is -0.170. The molecule has 1 rings (SSSR count). The van der Waals surface area contributed by atoms with Gasteiger partial charge < -0.3 is 10.5 Å². The fraction of sp³-hybridized carbons (Fsp3) is 1.00. The first-order chi connectivity index (χ1) is 8.54. The van der Waals surface area contributed by atoms with Crippen molar-refractivity contribution in [1.29, 1.82) is 0 Å². The van der Waals surface area contributed by atoms with Gasteiger partial charge in [-0.05, 0) is 31.7 Å². The maximum absolute atomic E-state index is 11.8. The van der Waals surface area contributed by atoms with E-state index >= 15 is 0 Å². The molecule has 3 N–H and O–H groups in total. The molecule has 0 radical (unpaired) electrons. The van der Waals surface area contributed by atoms with Crippen molar-refractivity contribution in [2.45, 2.75) is 39.0 Å². The van der Waals surface area contributed by atoms with Crippen molar-refractivity contribution in [2.75, 3.05) is 32.1 Å². The molecule has 108 valence electrons. The van der Waals surface area contributed by atoms with Gasteiger partial charge in [-0.25, -0.2) is 13.1 Å². The maximum Gasteiger partial charge on any atom is 0.213 e. The monoisotopic (exact) mass is 278 g/mol. The Morgan fingerprint density at radius 1 is 1.28 bits per heavy atom. The van der Waals surface area contributed by atoms with Crippen LogP contribution < -0.4 is 10.5 Å². The number of nitrogens with one attached hydrogen (secondary N) is 1.